The molecule has 1 aromatic rings. The first kappa shape index (κ1) is 15.2. The van der Waals surface area contributed by atoms with Gasteiger partial charge in [0, 0.05) is 43.9 Å². The van der Waals surface area contributed by atoms with E-state index < -0.39 is 0 Å². The van der Waals surface area contributed by atoms with Gasteiger partial charge in [-0.15, -0.1) is 0 Å². The van der Waals surface area contributed by atoms with Crippen molar-refractivity contribution in [3.8, 4) is 0 Å². The summed E-state index contributed by atoms with van der Waals surface area (Å²) in [5, 5.41) is 0. The molecule has 2 aliphatic rings. The number of aromatic nitrogens is 2. The Morgan fingerprint density at radius 1 is 1.14 bits per heavy atom. The Balaban J connectivity index is 1.58. The fourth-order valence-corrected chi connectivity index (χ4v) is 3.26. The number of morpholine rings is 1. The summed E-state index contributed by atoms with van der Waals surface area (Å²) < 4.78 is 5.32. The van der Waals surface area contributed by atoms with E-state index in [0.29, 0.717) is 19.1 Å². The summed E-state index contributed by atoms with van der Waals surface area (Å²) in [4.78, 5) is 25.6. The molecule has 22 heavy (non-hydrogen) atoms. The number of nitrogens with zero attached hydrogens (tertiary/aromatic N) is 4. The minimum absolute atomic E-state index is 0.151. The second-order valence-corrected chi connectivity index (χ2v) is 6.11. The second kappa shape index (κ2) is 6.60. The lowest BCUT2D eigenvalue weighted by atomic mass is 9.95. The smallest absolute Gasteiger partial charge is 0.225 e. The van der Waals surface area contributed by atoms with Crippen LogP contribution in [0.25, 0.3) is 0 Å². The standard InChI is InChI=1S/C16H24N4O2/c1-12-11-15(18-13(2)17-12)19-5-3-14(4-6-19)16(21)20-7-9-22-10-8-20/h11,14H,3-10H2,1-2H3. The van der Waals surface area contributed by atoms with Crippen molar-refractivity contribution in [1.82, 2.24) is 14.9 Å². The Labute approximate surface area is 131 Å². The minimum atomic E-state index is 0.151. The predicted molar refractivity (Wildman–Crippen MR) is 83.8 cm³/mol. The quantitative estimate of drug-likeness (QED) is 0.821. The lowest BCUT2D eigenvalue weighted by Gasteiger charge is -2.36. The molecule has 2 saturated heterocycles. The van der Waals surface area contributed by atoms with E-state index in [-0.39, 0.29) is 5.92 Å². The number of hydrogen-bond acceptors (Lipinski definition) is 5. The zero-order valence-electron chi connectivity index (χ0n) is 13.4. The van der Waals surface area contributed by atoms with Crippen molar-refractivity contribution in [2.24, 2.45) is 5.92 Å². The van der Waals surface area contributed by atoms with Gasteiger partial charge in [-0.05, 0) is 26.7 Å². The number of ether oxygens (including phenoxy) is 1. The normalized spacial score (nSPS) is 20.3. The van der Waals surface area contributed by atoms with Gasteiger partial charge in [-0.3, -0.25) is 4.79 Å². The van der Waals surface area contributed by atoms with Crippen molar-refractivity contribution in [2.75, 3.05) is 44.3 Å². The molecule has 0 aromatic carbocycles. The molecule has 3 heterocycles. The van der Waals surface area contributed by atoms with Crippen LogP contribution < -0.4 is 4.90 Å². The van der Waals surface area contributed by atoms with E-state index in [1.807, 2.05) is 24.8 Å². The Hall–Kier alpha value is -1.69. The lowest BCUT2D eigenvalue weighted by molar-refractivity contribution is -0.140. The summed E-state index contributed by atoms with van der Waals surface area (Å²) in [7, 11) is 0. The molecule has 3 rings (SSSR count). The molecule has 0 spiro atoms. The maximum atomic E-state index is 12.5. The first-order valence-corrected chi connectivity index (χ1v) is 8.07. The van der Waals surface area contributed by atoms with Gasteiger partial charge >= 0.3 is 0 Å². The van der Waals surface area contributed by atoms with Gasteiger partial charge in [0.1, 0.15) is 11.6 Å². The number of amides is 1. The van der Waals surface area contributed by atoms with Crippen LogP contribution in [0.4, 0.5) is 5.82 Å². The van der Waals surface area contributed by atoms with Crippen molar-refractivity contribution in [3.63, 3.8) is 0 Å². The molecule has 6 nitrogen and oxygen atoms in total. The molecule has 0 atom stereocenters. The molecule has 1 aromatic heterocycles. The first-order chi connectivity index (χ1) is 10.6. The molecule has 2 aliphatic heterocycles. The van der Waals surface area contributed by atoms with E-state index in [4.69, 9.17) is 4.74 Å². The van der Waals surface area contributed by atoms with E-state index in [0.717, 1.165) is 56.4 Å². The summed E-state index contributed by atoms with van der Waals surface area (Å²) in [6.45, 7) is 8.51. The van der Waals surface area contributed by atoms with E-state index >= 15 is 0 Å². The molecule has 2 fully saturated rings. The monoisotopic (exact) mass is 304 g/mol. The van der Waals surface area contributed by atoms with Gasteiger partial charge in [0.15, 0.2) is 0 Å². The van der Waals surface area contributed by atoms with Crippen LogP contribution in [-0.2, 0) is 9.53 Å². The molecule has 120 valence electrons. The summed E-state index contributed by atoms with van der Waals surface area (Å²) >= 11 is 0. The van der Waals surface area contributed by atoms with E-state index in [9.17, 15) is 4.79 Å². The van der Waals surface area contributed by atoms with E-state index in [1.54, 1.807) is 0 Å². The van der Waals surface area contributed by atoms with Gasteiger partial charge in [-0.25, -0.2) is 9.97 Å². The number of hydrogen-bond donors (Lipinski definition) is 0. The van der Waals surface area contributed by atoms with Gasteiger partial charge in [-0.2, -0.15) is 0 Å². The number of rotatable bonds is 2. The van der Waals surface area contributed by atoms with Crippen LogP contribution in [0, 0.1) is 19.8 Å². The highest BCUT2D eigenvalue weighted by Gasteiger charge is 2.29. The average molecular weight is 304 g/mol. The van der Waals surface area contributed by atoms with Crippen LogP contribution in [-0.4, -0.2) is 60.2 Å². The lowest BCUT2D eigenvalue weighted by Crippen LogP contribution is -2.47. The molecule has 0 unspecified atom stereocenters. The fourth-order valence-electron chi connectivity index (χ4n) is 3.26. The molecule has 0 radical (unpaired) electrons. The van der Waals surface area contributed by atoms with Gasteiger partial charge < -0.3 is 14.5 Å². The Kier molecular flexibility index (Phi) is 4.57. The summed E-state index contributed by atoms with van der Waals surface area (Å²) in [6, 6.07) is 2.02. The topological polar surface area (TPSA) is 58.6 Å². The molecular weight excluding hydrogens is 280 g/mol. The molecular formula is C16H24N4O2. The van der Waals surface area contributed by atoms with Gasteiger partial charge in [0.2, 0.25) is 5.91 Å². The molecule has 6 heteroatoms. The highest BCUT2D eigenvalue weighted by molar-refractivity contribution is 5.79. The maximum absolute atomic E-state index is 12.5. The highest BCUT2D eigenvalue weighted by atomic mass is 16.5. The average Bonchev–Trinajstić information content (AvgIpc) is 2.54. The third-order valence-electron chi connectivity index (χ3n) is 4.44. The maximum Gasteiger partial charge on any atom is 0.225 e. The number of aryl methyl sites for hydroxylation is 2. The predicted octanol–water partition coefficient (Wildman–Crippen LogP) is 1.17. The Morgan fingerprint density at radius 3 is 2.45 bits per heavy atom. The van der Waals surface area contributed by atoms with Crippen molar-refractivity contribution in [2.45, 2.75) is 26.7 Å². The van der Waals surface area contributed by atoms with Crippen molar-refractivity contribution < 1.29 is 9.53 Å². The first-order valence-electron chi connectivity index (χ1n) is 8.07. The second-order valence-electron chi connectivity index (χ2n) is 6.11. The number of carbonyl (C=O) groups is 1. The van der Waals surface area contributed by atoms with Crippen molar-refractivity contribution in [1.29, 1.82) is 0 Å². The van der Waals surface area contributed by atoms with Crippen LogP contribution in [0.15, 0.2) is 6.07 Å². The molecule has 0 saturated carbocycles. The zero-order chi connectivity index (χ0) is 15.5. The number of piperidine rings is 1. The van der Waals surface area contributed by atoms with Crippen LogP contribution >= 0.6 is 0 Å². The third kappa shape index (κ3) is 3.38. The van der Waals surface area contributed by atoms with E-state index in [1.165, 1.54) is 0 Å². The van der Waals surface area contributed by atoms with Crippen molar-refractivity contribution in [3.05, 3.63) is 17.6 Å². The van der Waals surface area contributed by atoms with Crippen LogP contribution in [0.2, 0.25) is 0 Å². The fraction of sp³-hybridized carbons (Fsp3) is 0.688. The van der Waals surface area contributed by atoms with Crippen LogP contribution in [0.5, 0.6) is 0 Å². The highest BCUT2D eigenvalue weighted by Crippen LogP contribution is 2.24. The molecule has 0 bridgehead atoms. The zero-order valence-corrected chi connectivity index (χ0v) is 13.4. The van der Waals surface area contributed by atoms with Gasteiger partial charge in [0.05, 0.1) is 13.2 Å². The third-order valence-corrected chi connectivity index (χ3v) is 4.44. The minimum Gasteiger partial charge on any atom is -0.378 e. The number of carbonyl (C=O) groups excluding carboxylic acids is 1. The van der Waals surface area contributed by atoms with Gasteiger partial charge in [-0.1, -0.05) is 0 Å². The van der Waals surface area contributed by atoms with Crippen molar-refractivity contribution >= 4 is 11.7 Å². The molecule has 0 aliphatic carbocycles. The van der Waals surface area contributed by atoms with Crippen LogP contribution in [0.3, 0.4) is 0 Å². The summed E-state index contributed by atoms with van der Waals surface area (Å²) in [5.41, 5.74) is 0.994. The summed E-state index contributed by atoms with van der Waals surface area (Å²) in [5.74, 6) is 2.25. The van der Waals surface area contributed by atoms with E-state index in [2.05, 4.69) is 14.9 Å². The Bertz CT molecular complexity index is 515. The van der Waals surface area contributed by atoms with Crippen LogP contribution in [0.1, 0.15) is 24.4 Å². The molecule has 0 N–H and O–H groups in total. The van der Waals surface area contributed by atoms with Gasteiger partial charge in [0.25, 0.3) is 0 Å². The summed E-state index contributed by atoms with van der Waals surface area (Å²) in [6.07, 6.45) is 1.80. The SMILES string of the molecule is Cc1cc(N2CCC(C(=O)N3CCOCC3)CC2)nc(C)n1. The Morgan fingerprint density at radius 2 is 1.82 bits per heavy atom. The molecule has 1 amide bonds. The largest absolute Gasteiger partial charge is 0.378 e. The number of anilines is 1.